The van der Waals surface area contributed by atoms with Gasteiger partial charge in [0, 0.05) is 31.6 Å². The van der Waals surface area contributed by atoms with Gasteiger partial charge in [-0.05, 0) is 31.4 Å². The van der Waals surface area contributed by atoms with Crippen LogP contribution in [-0.4, -0.2) is 90.3 Å². The number of piperazine rings is 1. The summed E-state index contributed by atoms with van der Waals surface area (Å²) in [5.74, 6) is -0.966. The molecule has 0 spiro atoms. The molecule has 0 saturated carbocycles. The molecule has 4 aromatic rings. The molecule has 1 saturated heterocycles. The summed E-state index contributed by atoms with van der Waals surface area (Å²) in [7, 11) is 0. The third-order valence-corrected chi connectivity index (χ3v) is 8.94. The van der Waals surface area contributed by atoms with E-state index in [1.807, 2.05) is 17.9 Å². The van der Waals surface area contributed by atoms with Crippen molar-refractivity contribution in [2.45, 2.75) is 39.4 Å². The van der Waals surface area contributed by atoms with Gasteiger partial charge in [-0.15, -0.1) is 16.4 Å². The average Bonchev–Trinajstić information content (AvgIpc) is 3.72. The number of carbonyl (C=O) groups excluding carboxylic acids is 2. The lowest BCUT2D eigenvalue weighted by Crippen LogP contribution is -2.51. The minimum atomic E-state index is -4.54. The van der Waals surface area contributed by atoms with Gasteiger partial charge in [0.25, 0.3) is 11.5 Å². The number of alkyl halides is 3. The first-order chi connectivity index (χ1) is 22.5. The second-order valence-corrected chi connectivity index (χ2v) is 11.8. The van der Waals surface area contributed by atoms with Crippen LogP contribution in [0.25, 0.3) is 11.4 Å². The zero-order valence-corrected chi connectivity index (χ0v) is 26.2. The molecule has 14 nitrogen and oxygen atoms in total. The Hall–Kier alpha value is -4.84. The second kappa shape index (κ2) is 12.7. The van der Waals surface area contributed by atoms with Crippen LogP contribution in [0.4, 0.5) is 24.5 Å². The van der Waals surface area contributed by atoms with Crippen LogP contribution in [0, 0.1) is 6.92 Å². The van der Waals surface area contributed by atoms with Crippen molar-refractivity contribution in [1.29, 1.82) is 0 Å². The number of nitrogens with zero attached hydrogens (tertiary/aromatic N) is 8. The first kappa shape index (κ1) is 32.1. The SMILES string of the molecule is CCc1c(N2CCN(C(=O)c3ncnc(C)c3O)CC2)c(=O)n2nc(C3=CCOCC3)nc2n1CC(=O)Nc1csc(C(F)(F)F)c1. The maximum atomic E-state index is 14.1. The van der Waals surface area contributed by atoms with E-state index in [2.05, 4.69) is 25.4 Å². The van der Waals surface area contributed by atoms with Gasteiger partial charge in [-0.1, -0.05) is 13.0 Å². The summed E-state index contributed by atoms with van der Waals surface area (Å²) >= 11 is 0.473. The molecule has 0 aromatic carbocycles. The summed E-state index contributed by atoms with van der Waals surface area (Å²) in [4.78, 5) is 55.5. The highest BCUT2D eigenvalue weighted by atomic mass is 32.1. The zero-order valence-electron chi connectivity index (χ0n) is 25.4. The highest BCUT2D eigenvalue weighted by molar-refractivity contribution is 7.10. The Balaban J connectivity index is 1.34. The third kappa shape index (κ3) is 6.29. The zero-order chi connectivity index (χ0) is 33.5. The molecule has 0 bridgehead atoms. The van der Waals surface area contributed by atoms with Crippen molar-refractivity contribution < 1.29 is 32.6 Å². The van der Waals surface area contributed by atoms with E-state index >= 15 is 0 Å². The number of hydrogen-bond acceptors (Lipinski definition) is 11. The van der Waals surface area contributed by atoms with Gasteiger partial charge in [0.1, 0.15) is 23.4 Å². The fraction of sp³-hybridized carbons (Fsp3) is 0.414. The van der Waals surface area contributed by atoms with Crippen molar-refractivity contribution in [3.63, 3.8) is 0 Å². The summed E-state index contributed by atoms with van der Waals surface area (Å²) in [5.41, 5.74) is 1.23. The predicted octanol–water partition coefficient (Wildman–Crippen LogP) is 2.74. The van der Waals surface area contributed by atoms with Crippen molar-refractivity contribution >= 4 is 45.9 Å². The molecule has 0 atom stereocenters. The van der Waals surface area contributed by atoms with Crippen molar-refractivity contribution in [1.82, 2.24) is 34.0 Å². The molecule has 2 N–H and O–H groups in total. The number of rotatable bonds is 7. The van der Waals surface area contributed by atoms with Gasteiger partial charge in [0.2, 0.25) is 11.7 Å². The van der Waals surface area contributed by atoms with Gasteiger partial charge in [-0.3, -0.25) is 14.4 Å². The Morgan fingerprint density at radius 1 is 1.17 bits per heavy atom. The number of carbonyl (C=O) groups is 2. The standard InChI is InChI=1S/C29H30F3N9O5S/c1-3-19-23(38-6-8-39(9-7-38)26(44)22-24(43)16(2)33-15-34-22)27(45)41-28(36-25(37-41)17-4-10-46-11-5-17)40(19)13-21(42)35-18-12-20(47-14-18)29(30,31)32/h4,12,14-15,43H,3,5-11,13H2,1-2H3,(H,35,42). The Bertz CT molecular complexity index is 1940. The minimum absolute atomic E-state index is 0.00267. The van der Waals surface area contributed by atoms with E-state index in [1.165, 1.54) is 16.6 Å². The lowest BCUT2D eigenvalue weighted by Gasteiger charge is -2.36. The molecule has 6 rings (SSSR count). The van der Waals surface area contributed by atoms with Gasteiger partial charge in [0.15, 0.2) is 17.3 Å². The smallest absolute Gasteiger partial charge is 0.425 e. The minimum Gasteiger partial charge on any atom is -0.504 e. The Morgan fingerprint density at radius 2 is 1.94 bits per heavy atom. The number of fused-ring (bicyclic) bond motifs is 1. The van der Waals surface area contributed by atoms with Gasteiger partial charge in [0.05, 0.1) is 30.3 Å². The fourth-order valence-electron chi connectivity index (χ4n) is 5.60. The first-order valence-corrected chi connectivity index (χ1v) is 15.6. The van der Waals surface area contributed by atoms with Crippen LogP contribution in [0.1, 0.15) is 45.9 Å². The third-order valence-electron chi connectivity index (χ3n) is 7.97. The molecule has 18 heteroatoms. The molecular weight excluding hydrogens is 643 g/mol. The van der Waals surface area contributed by atoms with E-state index in [4.69, 9.17) is 4.74 Å². The molecule has 6 heterocycles. The highest BCUT2D eigenvalue weighted by Crippen LogP contribution is 2.35. The van der Waals surface area contributed by atoms with Gasteiger partial charge < -0.3 is 29.5 Å². The number of aromatic nitrogens is 6. The lowest BCUT2D eigenvalue weighted by atomic mass is 10.1. The Morgan fingerprint density at radius 3 is 2.60 bits per heavy atom. The molecule has 47 heavy (non-hydrogen) atoms. The number of ether oxygens (including phenoxy) is 1. The lowest BCUT2D eigenvalue weighted by molar-refractivity contribution is -0.134. The van der Waals surface area contributed by atoms with Crippen LogP contribution < -0.4 is 15.8 Å². The van der Waals surface area contributed by atoms with Gasteiger partial charge in [-0.25, -0.2) is 9.97 Å². The molecule has 0 unspecified atom stereocenters. The second-order valence-electron chi connectivity index (χ2n) is 10.9. The Kier molecular flexibility index (Phi) is 8.71. The highest BCUT2D eigenvalue weighted by Gasteiger charge is 2.33. The molecule has 2 amide bonds. The summed E-state index contributed by atoms with van der Waals surface area (Å²) in [6, 6.07) is 0.867. The van der Waals surface area contributed by atoms with E-state index in [-0.39, 0.29) is 67.0 Å². The van der Waals surface area contributed by atoms with E-state index < -0.39 is 28.4 Å². The monoisotopic (exact) mass is 673 g/mol. The van der Waals surface area contributed by atoms with Crippen molar-refractivity contribution in [2.75, 3.05) is 49.6 Å². The van der Waals surface area contributed by atoms with E-state index in [1.54, 1.807) is 11.5 Å². The number of nitrogens with one attached hydrogen (secondary N) is 1. The fourth-order valence-corrected chi connectivity index (χ4v) is 6.31. The number of hydrogen-bond donors (Lipinski definition) is 2. The van der Waals surface area contributed by atoms with Crippen LogP contribution in [0.3, 0.4) is 0 Å². The maximum Gasteiger partial charge on any atom is 0.425 e. The number of anilines is 2. The molecule has 248 valence electrons. The molecule has 1 fully saturated rings. The van der Waals surface area contributed by atoms with Gasteiger partial charge >= 0.3 is 6.18 Å². The summed E-state index contributed by atoms with van der Waals surface area (Å²) in [5, 5.41) is 18.6. The van der Waals surface area contributed by atoms with Gasteiger partial charge in [-0.2, -0.15) is 22.7 Å². The molecule has 0 radical (unpaired) electrons. The molecule has 4 aromatic heterocycles. The number of thiophene rings is 1. The van der Waals surface area contributed by atoms with E-state index in [0.29, 0.717) is 48.9 Å². The number of aromatic hydroxyl groups is 1. The van der Waals surface area contributed by atoms with Crippen LogP contribution in [0.15, 0.2) is 28.6 Å². The molecule has 2 aliphatic heterocycles. The Labute approximate surface area is 269 Å². The normalized spacial score (nSPS) is 15.6. The van der Waals surface area contributed by atoms with Crippen LogP contribution >= 0.6 is 11.3 Å². The molecule has 2 aliphatic rings. The average molecular weight is 674 g/mol. The van der Waals surface area contributed by atoms with E-state index in [0.717, 1.165) is 16.2 Å². The summed E-state index contributed by atoms with van der Waals surface area (Å²) in [6.07, 6.45) is -0.685. The van der Waals surface area contributed by atoms with Crippen LogP contribution in [-0.2, 0) is 28.7 Å². The summed E-state index contributed by atoms with van der Waals surface area (Å²) < 4.78 is 47.5. The number of aryl methyl sites for hydroxylation is 1. The quantitative estimate of drug-likeness (QED) is 0.299. The van der Waals surface area contributed by atoms with Crippen molar-refractivity contribution in [3.8, 4) is 5.75 Å². The molecule has 0 aliphatic carbocycles. The van der Waals surface area contributed by atoms with E-state index in [9.17, 15) is 32.7 Å². The molecular formula is C29H30F3N9O5S. The number of halogens is 3. The number of amides is 2. The van der Waals surface area contributed by atoms with Crippen molar-refractivity contribution in [3.05, 3.63) is 62.0 Å². The van der Waals surface area contributed by atoms with Crippen LogP contribution in [0.5, 0.6) is 5.75 Å². The largest absolute Gasteiger partial charge is 0.504 e. The van der Waals surface area contributed by atoms with Crippen LogP contribution in [0.2, 0.25) is 0 Å². The van der Waals surface area contributed by atoms with Crippen molar-refractivity contribution in [2.24, 2.45) is 0 Å². The maximum absolute atomic E-state index is 14.1. The first-order valence-electron chi connectivity index (χ1n) is 14.8. The summed E-state index contributed by atoms with van der Waals surface area (Å²) in [6.45, 7) is 4.74. The topological polar surface area (TPSA) is 160 Å². The predicted molar refractivity (Wildman–Crippen MR) is 165 cm³/mol.